The molecule has 10 nitrogen and oxygen atoms in total. The Morgan fingerprint density at radius 1 is 1.10 bits per heavy atom. The molecule has 0 aliphatic carbocycles. The number of benzene rings is 2. The minimum absolute atomic E-state index is 0.0700. The number of sulfone groups is 1. The minimum Gasteiger partial charge on any atom is -0.488 e. The summed E-state index contributed by atoms with van der Waals surface area (Å²) >= 11 is 0. The van der Waals surface area contributed by atoms with Gasteiger partial charge in [0, 0.05) is 18.5 Å². The van der Waals surface area contributed by atoms with Crippen LogP contribution in [0.4, 0.5) is 23.3 Å². The highest BCUT2D eigenvalue weighted by molar-refractivity contribution is 7.92. The zero-order chi connectivity index (χ0) is 28.4. The number of aliphatic hydroxyl groups is 1. The predicted octanol–water partition coefficient (Wildman–Crippen LogP) is 4.34. The van der Waals surface area contributed by atoms with Crippen LogP contribution in [0.2, 0.25) is 0 Å². The van der Waals surface area contributed by atoms with E-state index in [1.54, 1.807) is 38.1 Å². The Kier molecular flexibility index (Phi) is 8.25. The van der Waals surface area contributed by atoms with E-state index in [1.807, 2.05) is 0 Å². The molecule has 214 valence electrons. The number of likely N-dealkylation sites (tertiary alicyclic amines) is 1. The van der Waals surface area contributed by atoms with Gasteiger partial charge in [-0.3, -0.25) is 0 Å². The second kappa shape index (κ2) is 11.7. The molecule has 3 N–H and O–H groups in total. The molecule has 3 aromatic rings. The number of aryl methyl sites for hydroxylation is 1. The topological polar surface area (TPSA) is 130 Å². The van der Waals surface area contributed by atoms with Gasteiger partial charge in [0.05, 0.1) is 28.1 Å². The third-order valence-corrected chi connectivity index (χ3v) is 9.94. The molecule has 40 heavy (non-hydrogen) atoms. The van der Waals surface area contributed by atoms with E-state index < -0.39 is 15.1 Å². The Hall–Kier alpha value is -3.28. The van der Waals surface area contributed by atoms with Crippen molar-refractivity contribution in [1.82, 2.24) is 19.9 Å². The smallest absolute Gasteiger partial charge is 0.232 e. The zero-order valence-corrected chi connectivity index (χ0v) is 24.3. The van der Waals surface area contributed by atoms with Gasteiger partial charge in [-0.15, -0.1) is 0 Å². The van der Waals surface area contributed by atoms with Gasteiger partial charge in [-0.2, -0.15) is 4.98 Å². The molecule has 1 aromatic heterocycles. The molecule has 2 aliphatic rings. The summed E-state index contributed by atoms with van der Waals surface area (Å²) in [6, 6.07) is 8.86. The SMILES string of the molecule is Cc1cc(Nc2ncnc(Nc3ccccc3S(=O)(=O)C(C)C)n2)c2c(c1C1CCN(CCO)CC1)CC(C)O2. The van der Waals surface area contributed by atoms with Crippen LogP contribution in [0.3, 0.4) is 0 Å². The van der Waals surface area contributed by atoms with Gasteiger partial charge in [0.2, 0.25) is 11.9 Å². The van der Waals surface area contributed by atoms with Crippen LogP contribution in [0.5, 0.6) is 5.75 Å². The minimum atomic E-state index is -3.50. The van der Waals surface area contributed by atoms with Crippen LogP contribution in [0.15, 0.2) is 41.6 Å². The molecule has 1 saturated heterocycles. The van der Waals surface area contributed by atoms with Gasteiger partial charge in [-0.05, 0) is 88.9 Å². The molecule has 2 aliphatic heterocycles. The van der Waals surface area contributed by atoms with Crippen molar-refractivity contribution in [3.63, 3.8) is 0 Å². The van der Waals surface area contributed by atoms with Crippen molar-refractivity contribution in [2.45, 2.75) is 69.1 Å². The van der Waals surface area contributed by atoms with Gasteiger partial charge in [-0.1, -0.05) is 12.1 Å². The number of nitrogens with zero attached hydrogens (tertiary/aromatic N) is 4. The number of aromatic nitrogens is 3. The molecule has 1 unspecified atom stereocenters. The molecule has 3 heterocycles. The van der Waals surface area contributed by atoms with Gasteiger partial charge in [0.25, 0.3) is 0 Å². The monoisotopic (exact) mass is 566 g/mol. The van der Waals surface area contributed by atoms with Crippen LogP contribution >= 0.6 is 0 Å². The number of anilines is 4. The van der Waals surface area contributed by atoms with E-state index in [0.29, 0.717) is 17.6 Å². The van der Waals surface area contributed by atoms with E-state index in [1.165, 1.54) is 23.0 Å². The second-order valence-electron chi connectivity index (χ2n) is 10.9. The molecule has 11 heteroatoms. The fourth-order valence-corrected chi connectivity index (χ4v) is 6.93. The summed E-state index contributed by atoms with van der Waals surface area (Å²) in [5, 5.41) is 15.1. The first-order valence-electron chi connectivity index (χ1n) is 13.9. The van der Waals surface area contributed by atoms with Crippen molar-refractivity contribution >= 4 is 33.1 Å². The van der Waals surface area contributed by atoms with E-state index in [0.717, 1.165) is 50.3 Å². The van der Waals surface area contributed by atoms with Gasteiger partial charge in [0.1, 0.15) is 18.2 Å². The average molecular weight is 567 g/mol. The number of aliphatic hydroxyl groups excluding tert-OH is 1. The molecule has 0 spiro atoms. The highest BCUT2D eigenvalue weighted by atomic mass is 32.2. The van der Waals surface area contributed by atoms with E-state index in [9.17, 15) is 13.5 Å². The Labute approximate surface area is 236 Å². The van der Waals surface area contributed by atoms with E-state index in [-0.39, 0.29) is 23.6 Å². The Morgan fingerprint density at radius 3 is 2.45 bits per heavy atom. The lowest BCUT2D eigenvalue weighted by Crippen LogP contribution is -2.35. The van der Waals surface area contributed by atoms with Gasteiger partial charge < -0.3 is 25.4 Å². The van der Waals surface area contributed by atoms with E-state index in [4.69, 9.17) is 4.74 Å². The van der Waals surface area contributed by atoms with Crippen molar-refractivity contribution in [1.29, 1.82) is 0 Å². The summed E-state index contributed by atoms with van der Waals surface area (Å²) in [6.07, 6.45) is 4.43. The first-order chi connectivity index (χ1) is 19.2. The second-order valence-corrected chi connectivity index (χ2v) is 13.4. The number of para-hydroxylation sites is 1. The molecule has 0 bridgehead atoms. The predicted molar refractivity (Wildman–Crippen MR) is 156 cm³/mol. The highest BCUT2D eigenvalue weighted by Gasteiger charge is 2.32. The number of fused-ring (bicyclic) bond motifs is 1. The average Bonchev–Trinajstić information content (AvgIpc) is 3.31. The molecule has 0 amide bonds. The molecule has 5 rings (SSSR count). The quantitative estimate of drug-likeness (QED) is 0.344. The lowest BCUT2D eigenvalue weighted by atomic mass is 9.82. The number of rotatable bonds is 9. The van der Waals surface area contributed by atoms with Crippen molar-refractivity contribution in [3.05, 3.63) is 53.3 Å². The fourth-order valence-electron chi connectivity index (χ4n) is 5.73. The molecule has 0 saturated carbocycles. The number of hydrogen-bond donors (Lipinski definition) is 3. The van der Waals surface area contributed by atoms with Crippen LogP contribution < -0.4 is 15.4 Å². The van der Waals surface area contributed by atoms with Crippen molar-refractivity contribution in [2.24, 2.45) is 0 Å². The number of β-amino-alcohol motifs (C(OH)–C–C–N with tert-alkyl or cyclic N) is 1. The molecule has 0 radical (unpaired) electrons. The standard InChI is InChI=1S/C29H38N6O4S/c1-18(2)40(37,38)25-8-6-5-7-23(25)32-28-30-17-31-29(34-28)33-24-15-19(3)26(22-16-20(4)39-27(22)24)21-9-11-35(12-10-21)13-14-36/h5-8,15,17-18,20-21,36H,9-14,16H2,1-4H3,(H2,30,31,32,33,34). The third-order valence-electron chi connectivity index (χ3n) is 7.73. The maximum absolute atomic E-state index is 12.9. The summed E-state index contributed by atoms with van der Waals surface area (Å²) in [5.74, 6) is 1.87. The lowest BCUT2D eigenvalue weighted by Gasteiger charge is -2.33. The molecular formula is C29H38N6O4S. The van der Waals surface area contributed by atoms with Crippen LogP contribution in [0.25, 0.3) is 0 Å². The molecule has 2 aromatic carbocycles. The number of nitrogens with one attached hydrogen (secondary N) is 2. The Morgan fingerprint density at radius 2 is 1.77 bits per heavy atom. The highest BCUT2D eigenvalue weighted by Crippen LogP contribution is 2.45. The Balaban J connectivity index is 1.40. The zero-order valence-electron chi connectivity index (χ0n) is 23.5. The molecular weight excluding hydrogens is 528 g/mol. The maximum Gasteiger partial charge on any atom is 0.232 e. The molecule has 1 fully saturated rings. The van der Waals surface area contributed by atoms with Crippen LogP contribution in [-0.4, -0.2) is 71.0 Å². The summed E-state index contributed by atoms with van der Waals surface area (Å²) < 4.78 is 32.0. The summed E-state index contributed by atoms with van der Waals surface area (Å²) in [5.41, 5.74) is 5.06. The van der Waals surface area contributed by atoms with Gasteiger partial charge in [-0.25, -0.2) is 18.4 Å². The van der Waals surface area contributed by atoms with E-state index in [2.05, 4.69) is 50.4 Å². The van der Waals surface area contributed by atoms with Gasteiger partial charge >= 0.3 is 0 Å². The fraction of sp³-hybridized carbons (Fsp3) is 0.483. The summed E-state index contributed by atoms with van der Waals surface area (Å²) in [4.78, 5) is 15.6. The summed E-state index contributed by atoms with van der Waals surface area (Å²) in [7, 11) is -3.50. The first kappa shape index (κ1) is 28.3. The Bertz CT molecular complexity index is 1470. The number of piperidine rings is 1. The van der Waals surface area contributed by atoms with Crippen molar-refractivity contribution in [3.8, 4) is 5.75 Å². The normalized spacial score (nSPS) is 18.0. The lowest BCUT2D eigenvalue weighted by molar-refractivity contribution is 0.164. The largest absolute Gasteiger partial charge is 0.488 e. The van der Waals surface area contributed by atoms with Crippen LogP contribution in [0.1, 0.15) is 56.2 Å². The number of ether oxygens (including phenoxy) is 1. The number of hydrogen-bond acceptors (Lipinski definition) is 10. The van der Waals surface area contributed by atoms with Crippen LogP contribution in [-0.2, 0) is 16.3 Å². The van der Waals surface area contributed by atoms with Crippen molar-refractivity contribution < 1.29 is 18.3 Å². The first-order valence-corrected chi connectivity index (χ1v) is 15.4. The maximum atomic E-state index is 12.9. The third kappa shape index (κ3) is 5.77. The van der Waals surface area contributed by atoms with Crippen LogP contribution in [0, 0.1) is 6.92 Å². The molecule has 1 atom stereocenters. The van der Waals surface area contributed by atoms with Gasteiger partial charge in [0.15, 0.2) is 9.84 Å². The van der Waals surface area contributed by atoms with E-state index >= 15 is 0 Å². The van der Waals surface area contributed by atoms with Crippen molar-refractivity contribution in [2.75, 3.05) is 36.9 Å². The summed E-state index contributed by atoms with van der Waals surface area (Å²) in [6.45, 7) is 10.4.